The molecule has 1 aliphatic carbocycles. The van der Waals surface area contributed by atoms with Gasteiger partial charge < -0.3 is 0 Å². The van der Waals surface area contributed by atoms with Crippen molar-refractivity contribution in [2.24, 2.45) is 0 Å². The highest BCUT2D eigenvalue weighted by Gasteiger charge is 2.23. The Morgan fingerprint density at radius 2 is 1.76 bits per heavy atom. The summed E-state index contributed by atoms with van der Waals surface area (Å²) in [5, 5.41) is 4.63. The number of nitrogens with zero attached hydrogens (tertiary/aromatic N) is 3. The van der Waals surface area contributed by atoms with Crippen molar-refractivity contribution in [3.8, 4) is 11.3 Å². The van der Waals surface area contributed by atoms with E-state index in [4.69, 9.17) is 0 Å². The van der Waals surface area contributed by atoms with Gasteiger partial charge in [0.1, 0.15) is 0 Å². The second kappa shape index (κ2) is 8.00. The number of aromatic nitrogens is 3. The molecule has 0 atom stereocenters. The van der Waals surface area contributed by atoms with Crippen molar-refractivity contribution in [3.63, 3.8) is 0 Å². The van der Waals surface area contributed by atoms with Crippen LogP contribution in [-0.4, -0.2) is 23.2 Å². The van der Waals surface area contributed by atoms with Crippen molar-refractivity contribution >= 4 is 10.0 Å². The molecule has 152 valence electrons. The number of pyridine rings is 1. The van der Waals surface area contributed by atoms with Crippen LogP contribution in [0, 0.1) is 11.6 Å². The standard InChI is InChI=1S/C20H20F2N4O2S/c21-18-6-5-17(12-19(18)22)29(27,28)24-13-15-11-20(14-7-9-23-10-8-14)26(25-15)16-3-1-2-4-16/h5-12,16,24H,1-4,13H2. The van der Waals surface area contributed by atoms with E-state index in [1.807, 2.05) is 22.9 Å². The monoisotopic (exact) mass is 418 g/mol. The van der Waals surface area contributed by atoms with Crippen molar-refractivity contribution in [3.05, 3.63) is 66.1 Å². The summed E-state index contributed by atoms with van der Waals surface area (Å²) in [7, 11) is -4.00. The van der Waals surface area contributed by atoms with Crippen LogP contribution in [0.25, 0.3) is 11.3 Å². The van der Waals surface area contributed by atoms with Gasteiger partial charge in [-0.1, -0.05) is 12.8 Å². The summed E-state index contributed by atoms with van der Waals surface area (Å²) in [6.45, 7) is -0.0564. The van der Waals surface area contributed by atoms with E-state index < -0.39 is 21.7 Å². The fraction of sp³-hybridized carbons (Fsp3) is 0.300. The Morgan fingerprint density at radius 3 is 2.45 bits per heavy atom. The number of hydrogen-bond donors (Lipinski definition) is 1. The number of rotatable bonds is 6. The van der Waals surface area contributed by atoms with E-state index in [0.29, 0.717) is 11.8 Å². The second-order valence-corrected chi connectivity index (χ2v) is 8.81. The van der Waals surface area contributed by atoms with Gasteiger partial charge in [-0.15, -0.1) is 0 Å². The molecule has 0 bridgehead atoms. The third kappa shape index (κ3) is 4.20. The van der Waals surface area contributed by atoms with E-state index in [-0.39, 0.29) is 17.5 Å². The zero-order valence-electron chi connectivity index (χ0n) is 15.6. The molecule has 1 N–H and O–H groups in total. The lowest BCUT2D eigenvalue weighted by Gasteiger charge is -2.14. The highest BCUT2D eigenvalue weighted by atomic mass is 32.2. The first-order valence-corrected chi connectivity index (χ1v) is 10.9. The van der Waals surface area contributed by atoms with Gasteiger partial charge in [0.15, 0.2) is 11.6 Å². The van der Waals surface area contributed by atoms with Gasteiger partial charge in [0, 0.05) is 18.0 Å². The molecule has 29 heavy (non-hydrogen) atoms. The molecule has 0 unspecified atom stereocenters. The quantitative estimate of drug-likeness (QED) is 0.660. The largest absolute Gasteiger partial charge is 0.265 e. The molecule has 4 rings (SSSR count). The summed E-state index contributed by atoms with van der Waals surface area (Å²) in [5.74, 6) is -2.31. The lowest BCUT2D eigenvalue weighted by molar-refractivity contribution is 0.467. The first-order valence-electron chi connectivity index (χ1n) is 9.37. The van der Waals surface area contributed by atoms with Crippen molar-refractivity contribution < 1.29 is 17.2 Å². The Morgan fingerprint density at radius 1 is 1.03 bits per heavy atom. The molecule has 0 radical (unpaired) electrons. The topological polar surface area (TPSA) is 76.9 Å². The summed E-state index contributed by atoms with van der Waals surface area (Å²) >= 11 is 0. The van der Waals surface area contributed by atoms with Gasteiger partial charge in [0.05, 0.1) is 28.9 Å². The predicted octanol–water partition coefficient (Wildman–Crippen LogP) is 3.82. The zero-order valence-corrected chi connectivity index (χ0v) is 16.4. The summed E-state index contributed by atoms with van der Waals surface area (Å²) < 4.78 is 55.8. The van der Waals surface area contributed by atoms with E-state index in [0.717, 1.165) is 49.1 Å². The SMILES string of the molecule is O=S(=O)(NCc1cc(-c2ccncc2)n(C2CCCC2)n1)c1ccc(F)c(F)c1. The third-order valence-electron chi connectivity index (χ3n) is 5.08. The number of sulfonamides is 1. The second-order valence-electron chi connectivity index (χ2n) is 7.04. The molecule has 3 aromatic rings. The summed E-state index contributed by atoms with van der Waals surface area (Å²) in [6.07, 6.45) is 7.73. The van der Waals surface area contributed by atoms with Gasteiger partial charge in [-0.2, -0.15) is 5.10 Å². The minimum atomic E-state index is -4.00. The van der Waals surface area contributed by atoms with E-state index in [2.05, 4.69) is 14.8 Å². The molecule has 0 aliphatic heterocycles. The maximum absolute atomic E-state index is 13.4. The number of hydrogen-bond acceptors (Lipinski definition) is 4. The molecule has 1 aromatic carbocycles. The van der Waals surface area contributed by atoms with Crippen LogP contribution in [0.1, 0.15) is 37.4 Å². The maximum Gasteiger partial charge on any atom is 0.241 e. The molecule has 9 heteroatoms. The molecule has 0 saturated heterocycles. The lowest BCUT2D eigenvalue weighted by atomic mass is 10.1. The smallest absolute Gasteiger partial charge is 0.241 e. The van der Waals surface area contributed by atoms with Gasteiger partial charge in [0.25, 0.3) is 0 Å². The Labute approximate surface area is 167 Å². The van der Waals surface area contributed by atoms with E-state index in [1.54, 1.807) is 12.4 Å². The zero-order chi connectivity index (χ0) is 20.4. The molecule has 2 heterocycles. The van der Waals surface area contributed by atoms with Gasteiger partial charge in [0.2, 0.25) is 10.0 Å². The number of nitrogens with one attached hydrogen (secondary N) is 1. The molecular weight excluding hydrogens is 398 g/mol. The van der Waals surface area contributed by atoms with Gasteiger partial charge in [-0.25, -0.2) is 21.9 Å². The first-order chi connectivity index (χ1) is 13.9. The molecule has 2 aromatic heterocycles. The lowest BCUT2D eigenvalue weighted by Crippen LogP contribution is -2.24. The first kappa shape index (κ1) is 19.7. The Balaban J connectivity index is 1.59. The molecule has 0 spiro atoms. The van der Waals surface area contributed by atoms with Crippen molar-refractivity contribution in [2.45, 2.75) is 43.2 Å². The number of benzene rings is 1. The maximum atomic E-state index is 13.4. The fourth-order valence-corrected chi connectivity index (χ4v) is 4.60. The van der Waals surface area contributed by atoms with Crippen LogP contribution in [0.2, 0.25) is 0 Å². The van der Waals surface area contributed by atoms with E-state index in [9.17, 15) is 17.2 Å². The Kier molecular flexibility index (Phi) is 5.42. The van der Waals surface area contributed by atoms with Crippen LogP contribution in [0.5, 0.6) is 0 Å². The highest BCUT2D eigenvalue weighted by molar-refractivity contribution is 7.89. The van der Waals surface area contributed by atoms with E-state index >= 15 is 0 Å². The average Bonchev–Trinajstić information content (AvgIpc) is 3.39. The molecule has 6 nitrogen and oxygen atoms in total. The third-order valence-corrected chi connectivity index (χ3v) is 6.48. The molecule has 0 amide bonds. The van der Waals surface area contributed by atoms with Crippen LogP contribution in [0.3, 0.4) is 0 Å². The minimum Gasteiger partial charge on any atom is -0.265 e. The predicted molar refractivity (Wildman–Crippen MR) is 103 cm³/mol. The molecular formula is C20H20F2N4O2S. The van der Waals surface area contributed by atoms with Crippen LogP contribution >= 0.6 is 0 Å². The van der Waals surface area contributed by atoms with Crippen LogP contribution in [-0.2, 0) is 16.6 Å². The van der Waals surface area contributed by atoms with Crippen LogP contribution in [0.4, 0.5) is 8.78 Å². The molecule has 1 fully saturated rings. The summed E-state index contributed by atoms with van der Waals surface area (Å²) in [5.41, 5.74) is 2.41. The Bertz CT molecular complexity index is 1110. The van der Waals surface area contributed by atoms with Crippen LogP contribution < -0.4 is 4.72 Å². The molecule has 1 aliphatic rings. The molecule has 1 saturated carbocycles. The minimum absolute atomic E-state index is 0.0564. The van der Waals surface area contributed by atoms with Crippen LogP contribution in [0.15, 0.2) is 53.7 Å². The summed E-state index contributed by atoms with van der Waals surface area (Å²) in [4.78, 5) is 3.71. The summed E-state index contributed by atoms with van der Waals surface area (Å²) in [6, 6.07) is 8.38. The average molecular weight is 418 g/mol. The Hall–Kier alpha value is -2.65. The number of halogens is 2. The van der Waals surface area contributed by atoms with Gasteiger partial charge in [-0.3, -0.25) is 9.67 Å². The van der Waals surface area contributed by atoms with Crippen molar-refractivity contribution in [2.75, 3.05) is 0 Å². The van der Waals surface area contributed by atoms with Gasteiger partial charge in [-0.05, 0) is 49.2 Å². The highest BCUT2D eigenvalue weighted by Crippen LogP contribution is 2.33. The van der Waals surface area contributed by atoms with Crippen molar-refractivity contribution in [1.82, 2.24) is 19.5 Å². The van der Waals surface area contributed by atoms with Gasteiger partial charge >= 0.3 is 0 Å². The van der Waals surface area contributed by atoms with Crippen molar-refractivity contribution in [1.29, 1.82) is 0 Å². The van der Waals surface area contributed by atoms with E-state index in [1.165, 1.54) is 0 Å². The fourth-order valence-electron chi connectivity index (χ4n) is 3.59. The normalized spacial score (nSPS) is 15.1.